The summed E-state index contributed by atoms with van der Waals surface area (Å²) in [5, 5.41) is 13.0. The van der Waals surface area contributed by atoms with E-state index in [0.29, 0.717) is 0 Å². The molecule has 0 bridgehead atoms. The smallest absolute Gasteiger partial charge is 0.124 e. The molecular weight excluding hydrogens is 250 g/mol. The van der Waals surface area contributed by atoms with E-state index in [2.05, 4.69) is 39.6 Å². The maximum atomic E-state index is 9.52. The number of nitrogens with one attached hydrogen (secondary N) is 2. The van der Waals surface area contributed by atoms with Gasteiger partial charge < -0.3 is 15.4 Å². The Morgan fingerprint density at radius 1 is 1.10 bits per heavy atom. The highest BCUT2D eigenvalue weighted by atomic mass is 16.3. The molecule has 3 aromatic rings. The molecule has 1 aliphatic rings. The average Bonchev–Trinajstić information content (AvgIpc) is 2.89. The maximum absolute atomic E-state index is 9.52. The van der Waals surface area contributed by atoms with Gasteiger partial charge in [0.25, 0.3) is 0 Å². The van der Waals surface area contributed by atoms with Crippen LogP contribution in [0.1, 0.15) is 23.0 Å². The van der Waals surface area contributed by atoms with Gasteiger partial charge in [0.1, 0.15) is 11.6 Å². The van der Waals surface area contributed by atoms with Gasteiger partial charge in [0.2, 0.25) is 0 Å². The summed E-state index contributed by atoms with van der Waals surface area (Å²) in [5.74, 6) is 1.19. The molecule has 2 aromatic carbocycles. The first-order chi connectivity index (χ1) is 9.79. The molecule has 100 valence electrons. The summed E-state index contributed by atoms with van der Waals surface area (Å²) in [4.78, 5) is 7.92. The second-order valence-corrected chi connectivity index (χ2v) is 5.23. The van der Waals surface area contributed by atoms with Gasteiger partial charge in [-0.3, -0.25) is 0 Å². The van der Waals surface area contributed by atoms with E-state index in [-0.39, 0.29) is 11.8 Å². The zero-order valence-corrected chi connectivity index (χ0v) is 10.9. The number of aromatic nitrogens is 2. The normalized spacial score (nSPS) is 18.1. The van der Waals surface area contributed by atoms with Gasteiger partial charge in [-0.2, -0.15) is 0 Å². The molecule has 0 spiro atoms. The number of nitrogens with zero attached hydrogens (tertiary/aromatic N) is 1. The lowest BCUT2D eigenvalue weighted by Crippen LogP contribution is -2.29. The van der Waals surface area contributed by atoms with Crippen LogP contribution in [0.5, 0.6) is 5.75 Å². The Labute approximate surface area is 116 Å². The van der Waals surface area contributed by atoms with Crippen LogP contribution in [-0.2, 0) is 13.0 Å². The molecule has 2 heterocycles. The molecule has 0 radical (unpaired) electrons. The highest BCUT2D eigenvalue weighted by Gasteiger charge is 2.21. The van der Waals surface area contributed by atoms with Crippen molar-refractivity contribution in [1.82, 2.24) is 15.3 Å². The van der Waals surface area contributed by atoms with Gasteiger partial charge in [-0.1, -0.05) is 24.3 Å². The Hall–Kier alpha value is -2.33. The first-order valence-corrected chi connectivity index (χ1v) is 6.78. The topological polar surface area (TPSA) is 60.9 Å². The molecule has 3 N–H and O–H groups in total. The monoisotopic (exact) mass is 265 g/mol. The average molecular weight is 265 g/mol. The Morgan fingerprint density at radius 2 is 1.95 bits per heavy atom. The third-order valence-corrected chi connectivity index (χ3v) is 3.90. The predicted octanol–water partition coefficient (Wildman–Crippen LogP) is 2.66. The second kappa shape index (κ2) is 4.35. The van der Waals surface area contributed by atoms with Crippen molar-refractivity contribution in [2.45, 2.75) is 19.0 Å². The van der Waals surface area contributed by atoms with Crippen molar-refractivity contribution in [2.24, 2.45) is 0 Å². The molecule has 4 rings (SSSR count). The molecule has 0 amide bonds. The van der Waals surface area contributed by atoms with Crippen molar-refractivity contribution in [3.05, 3.63) is 59.4 Å². The maximum Gasteiger partial charge on any atom is 0.124 e. The van der Waals surface area contributed by atoms with Crippen LogP contribution in [0, 0.1) is 0 Å². The number of phenols is 1. The van der Waals surface area contributed by atoms with Gasteiger partial charge in [0.05, 0.1) is 17.1 Å². The lowest BCUT2D eigenvalue weighted by Gasteiger charge is -2.24. The van der Waals surface area contributed by atoms with Crippen LogP contribution in [0.3, 0.4) is 0 Å². The van der Waals surface area contributed by atoms with Gasteiger partial charge in [-0.05, 0) is 29.7 Å². The Balaban J connectivity index is 1.70. The van der Waals surface area contributed by atoms with E-state index in [1.54, 1.807) is 12.1 Å². The fourth-order valence-electron chi connectivity index (χ4n) is 2.83. The molecule has 1 atom stereocenters. The summed E-state index contributed by atoms with van der Waals surface area (Å²) < 4.78 is 0. The summed E-state index contributed by atoms with van der Waals surface area (Å²) >= 11 is 0. The number of aromatic amines is 1. The molecule has 1 aromatic heterocycles. The minimum absolute atomic E-state index is 0.194. The van der Waals surface area contributed by atoms with Crippen molar-refractivity contribution in [2.75, 3.05) is 0 Å². The van der Waals surface area contributed by atoms with E-state index in [4.69, 9.17) is 0 Å². The number of benzene rings is 2. The van der Waals surface area contributed by atoms with Crippen molar-refractivity contribution in [3.8, 4) is 5.75 Å². The van der Waals surface area contributed by atoms with Crippen LogP contribution in [0.15, 0.2) is 42.5 Å². The third-order valence-electron chi connectivity index (χ3n) is 3.90. The van der Waals surface area contributed by atoms with Gasteiger partial charge in [0, 0.05) is 12.6 Å². The number of hydrogen-bond acceptors (Lipinski definition) is 3. The van der Waals surface area contributed by atoms with Crippen molar-refractivity contribution < 1.29 is 5.11 Å². The lowest BCUT2D eigenvalue weighted by molar-refractivity contribution is 0.476. The van der Waals surface area contributed by atoms with E-state index in [1.165, 1.54) is 11.1 Å². The Morgan fingerprint density at radius 3 is 2.85 bits per heavy atom. The molecule has 0 saturated carbocycles. The molecule has 20 heavy (non-hydrogen) atoms. The zero-order valence-electron chi connectivity index (χ0n) is 10.9. The number of rotatable bonds is 1. The fourth-order valence-corrected chi connectivity index (χ4v) is 2.83. The Kier molecular flexibility index (Phi) is 2.50. The quantitative estimate of drug-likeness (QED) is 0.634. The summed E-state index contributed by atoms with van der Waals surface area (Å²) in [7, 11) is 0. The number of hydrogen-bond donors (Lipinski definition) is 3. The van der Waals surface area contributed by atoms with E-state index in [9.17, 15) is 5.11 Å². The van der Waals surface area contributed by atoms with Gasteiger partial charge in [0.15, 0.2) is 0 Å². The van der Waals surface area contributed by atoms with Crippen LogP contribution in [-0.4, -0.2) is 15.1 Å². The Bertz CT molecular complexity index is 778. The van der Waals surface area contributed by atoms with Gasteiger partial charge in [-0.25, -0.2) is 4.98 Å². The molecule has 0 fully saturated rings. The van der Waals surface area contributed by atoms with Crippen LogP contribution < -0.4 is 5.32 Å². The summed E-state index contributed by atoms with van der Waals surface area (Å²) in [6.45, 7) is 0.864. The van der Waals surface area contributed by atoms with Crippen LogP contribution in [0.4, 0.5) is 0 Å². The molecule has 0 saturated heterocycles. The second-order valence-electron chi connectivity index (χ2n) is 5.23. The van der Waals surface area contributed by atoms with Crippen LogP contribution in [0.25, 0.3) is 11.0 Å². The molecule has 0 aliphatic carbocycles. The minimum Gasteiger partial charge on any atom is -0.508 e. The molecule has 1 aliphatic heterocycles. The van der Waals surface area contributed by atoms with Crippen molar-refractivity contribution in [1.29, 1.82) is 0 Å². The number of fused-ring (bicyclic) bond motifs is 2. The van der Waals surface area contributed by atoms with Crippen molar-refractivity contribution >= 4 is 11.0 Å². The lowest BCUT2D eigenvalue weighted by atomic mass is 9.96. The van der Waals surface area contributed by atoms with E-state index < -0.39 is 0 Å². The SMILES string of the molecule is Oc1ccc2nc(C3Cc4ccccc4CN3)[nH]c2c1. The fraction of sp³-hybridized carbons (Fsp3) is 0.188. The van der Waals surface area contributed by atoms with E-state index in [0.717, 1.165) is 29.8 Å². The van der Waals surface area contributed by atoms with Crippen LogP contribution in [0.2, 0.25) is 0 Å². The highest BCUT2D eigenvalue weighted by molar-refractivity contribution is 5.76. The summed E-state index contributed by atoms with van der Waals surface area (Å²) in [6.07, 6.45) is 0.933. The molecule has 4 heteroatoms. The molecule has 4 nitrogen and oxygen atoms in total. The van der Waals surface area contributed by atoms with Gasteiger partial charge in [-0.15, -0.1) is 0 Å². The molecule has 1 unspecified atom stereocenters. The minimum atomic E-state index is 0.194. The number of imidazole rings is 1. The molecular formula is C16H15N3O. The number of aromatic hydroxyl groups is 1. The number of H-pyrrole nitrogens is 1. The van der Waals surface area contributed by atoms with Crippen LogP contribution >= 0.6 is 0 Å². The van der Waals surface area contributed by atoms with Crippen molar-refractivity contribution in [3.63, 3.8) is 0 Å². The largest absolute Gasteiger partial charge is 0.508 e. The summed E-state index contributed by atoms with van der Waals surface area (Å²) in [5.41, 5.74) is 4.50. The van der Waals surface area contributed by atoms with E-state index >= 15 is 0 Å². The third kappa shape index (κ3) is 1.85. The predicted molar refractivity (Wildman–Crippen MR) is 77.5 cm³/mol. The highest BCUT2D eigenvalue weighted by Crippen LogP contribution is 2.26. The first-order valence-electron chi connectivity index (χ1n) is 6.78. The number of phenolic OH excluding ortho intramolecular Hbond substituents is 1. The zero-order chi connectivity index (χ0) is 13.5. The van der Waals surface area contributed by atoms with Gasteiger partial charge >= 0.3 is 0 Å². The standard InChI is InChI=1S/C16H15N3O/c20-12-5-6-13-14(8-12)19-16(18-13)15-7-10-3-1-2-4-11(10)9-17-15/h1-6,8,15,17,20H,7,9H2,(H,18,19). The first kappa shape index (κ1) is 11.5. The summed E-state index contributed by atoms with van der Waals surface area (Å²) in [6, 6.07) is 13.9. The van der Waals surface area contributed by atoms with E-state index in [1.807, 2.05) is 6.07 Å².